The lowest BCUT2D eigenvalue weighted by Gasteiger charge is -2.13. The molecular formula is C3H9B2NO2. The van der Waals surface area contributed by atoms with E-state index in [2.05, 4.69) is 4.74 Å². The van der Waals surface area contributed by atoms with E-state index >= 15 is 0 Å². The van der Waals surface area contributed by atoms with Gasteiger partial charge in [-0.2, -0.15) is 0 Å². The minimum absolute atomic E-state index is 0.391. The van der Waals surface area contributed by atoms with Crippen LogP contribution in [0.5, 0.6) is 0 Å². The summed E-state index contributed by atoms with van der Waals surface area (Å²) in [6.45, 7) is 0. The first-order valence-corrected chi connectivity index (χ1v) is 2.36. The highest BCUT2D eigenvalue weighted by atomic mass is 16.5. The Balaban J connectivity index is 3.82. The third kappa shape index (κ3) is 2.02. The molecule has 0 saturated heterocycles. The van der Waals surface area contributed by atoms with Crippen molar-refractivity contribution in [3.63, 3.8) is 0 Å². The standard InChI is InChI=1S/C3H9B2NO2/c1-8-2(7)3(4,5)6/h4-6H2,1H3. The fraction of sp³-hybridized carbons (Fsp3) is 0.667. The Bertz CT molecular complexity index is 97.9. The lowest BCUT2D eigenvalue weighted by molar-refractivity contribution is -0.141. The smallest absolute Gasteiger partial charge is 0.308 e. The monoisotopic (exact) mass is 113 g/mol. The van der Waals surface area contributed by atoms with Gasteiger partial charge in [-0.25, -0.2) is 0 Å². The Labute approximate surface area is 50.4 Å². The molecule has 0 aromatic rings. The summed E-state index contributed by atoms with van der Waals surface area (Å²) >= 11 is 0. The van der Waals surface area contributed by atoms with Crippen LogP contribution < -0.4 is 5.73 Å². The molecular weight excluding hydrogens is 104 g/mol. The number of hydrogen-bond acceptors (Lipinski definition) is 3. The predicted octanol–water partition coefficient (Wildman–Crippen LogP) is -2.96. The van der Waals surface area contributed by atoms with Crippen molar-refractivity contribution >= 4 is 21.7 Å². The average Bonchev–Trinajstić information content (AvgIpc) is 1.62. The maximum Gasteiger partial charge on any atom is 0.308 e. The molecule has 44 valence electrons. The van der Waals surface area contributed by atoms with E-state index in [1.54, 1.807) is 15.7 Å². The molecule has 0 aromatic heterocycles. The molecule has 2 N–H and O–H groups in total. The highest BCUT2D eigenvalue weighted by molar-refractivity contribution is 6.50. The first-order valence-electron chi connectivity index (χ1n) is 2.36. The molecule has 0 spiro atoms. The van der Waals surface area contributed by atoms with E-state index in [4.69, 9.17) is 5.73 Å². The summed E-state index contributed by atoms with van der Waals surface area (Å²) in [6, 6.07) is 0. The van der Waals surface area contributed by atoms with Crippen LogP contribution in [-0.4, -0.2) is 34.1 Å². The van der Waals surface area contributed by atoms with Gasteiger partial charge in [0.25, 0.3) is 0 Å². The lowest BCUT2D eigenvalue weighted by Crippen LogP contribution is -2.49. The van der Waals surface area contributed by atoms with Gasteiger partial charge in [0.15, 0.2) is 0 Å². The maximum atomic E-state index is 10.5. The zero-order chi connectivity index (χ0) is 6.78. The van der Waals surface area contributed by atoms with E-state index in [0.717, 1.165) is 0 Å². The first-order chi connectivity index (χ1) is 3.48. The van der Waals surface area contributed by atoms with E-state index in [1.807, 2.05) is 0 Å². The van der Waals surface area contributed by atoms with Gasteiger partial charge < -0.3 is 10.5 Å². The second-order valence-electron chi connectivity index (χ2n) is 2.21. The molecule has 0 radical (unpaired) electrons. The van der Waals surface area contributed by atoms with Crippen LogP contribution in [0.25, 0.3) is 0 Å². The summed E-state index contributed by atoms with van der Waals surface area (Å²) in [5.74, 6) is -0.391. The fourth-order valence-electron chi connectivity index (χ4n) is 0.263. The van der Waals surface area contributed by atoms with Gasteiger partial charge in [-0.3, -0.25) is 4.79 Å². The molecule has 0 aliphatic carbocycles. The summed E-state index contributed by atoms with van der Waals surface area (Å²) in [5.41, 5.74) is 5.31. The Kier molecular flexibility index (Phi) is 2.10. The molecule has 0 bridgehead atoms. The van der Waals surface area contributed by atoms with Crippen molar-refractivity contribution in [3.05, 3.63) is 0 Å². The molecule has 0 rings (SSSR count). The van der Waals surface area contributed by atoms with E-state index in [-0.39, 0.29) is 0 Å². The Morgan fingerprint density at radius 1 is 1.75 bits per heavy atom. The van der Waals surface area contributed by atoms with Gasteiger partial charge in [0.2, 0.25) is 0 Å². The van der Waals surface area contributed by atoms with Crippen molar-refractivity contribution in [2.45, 2.75) is 5.34 Å². The highest BCUT2D eigenvalue weighted by Crippen LogP contribution is 1.87. The number of esters is 1. The van der Waals surface area contributed by atoms with Crippen molar-refractivity contribution < 1.29 is 9.53 Å². The van der Waals surface area contributed by atoms with Gasteiger partial charge in [0.05, 0.1) is 7.11 Å². The minimum Gasteiger partial charge on any atom is -0.469 e. The SMILES string of the molecule is BC(B)(N)C(=O)OC. The lowest BCUT2D eigenvalue weighted by atomic mass is 9.63. The topological polar surface area (TPSA) is 52.3 Å². The van der Waals surface area contributed by atoms with Crippen LogP contribution in [0.2, 0.25) is 0 Å². The number of ether oxygens (including phenoxy) is 1. The van der Waals surface area contributed by atoms with Crippen LogP contribution in [0.4, 0.5) is 0 Å². The normalized spacial score (nSPS) is 10.8. The van der Waals surface area contributed by atoms with Crippen LogP contribution in [0, 0.1) is 0 Å². The van der Waals surface area contributed by atoms with Gasteiger partial charge in [-0.15, -0.1) is 0 Å². The zero-order valence-electron chi connectivity index (χ0n) is 5.39. The number of carbonyl (C=O) groups is 1. The third-order valence-electron chi connectivity index (χ3n) is 0.711. The van der Waals surface area contributed by atoms with Crippen molar-refractivity contribution in [1.82, 2.24) is 0 Å². The Morgan fingerprint density at radius 2 is 2.12 bits per heavy atom. The van der Waals surface area contributed by atoms with E-state index in [9.17, 15) is 4.79 Å². The number of rotatable bonds is 1. The molecule has 0 aliphatic heterocycles. The highest BCUT2D eigenvalue weighted by Gasteiger charge is 2.21. The molecule has 0 heterocycles. The molecule has 5 heteroatoms. The molecule has 3 nitrogen and oxygen atoms in total. The second kappa shape index (κ2) is 2.22. The molecule has 0 aliphatic rings. The van der Waals surface area contributed by atoms with Crippen molar-refractivity contribution in [2.75, 3.05) is 7.11 Å². The van der Waals surface area contributed by atoms with Crippen molar-refractivity contribution in [2.24, 2.45) is 5.73 Å². The second-order valence-corrected chi connectivity index (χ2v) is 2.21. The van der Waals surface area contributed by atoms with E-state index in [1.165, 1.54) is 7.11 Å². The van der Waals surface area contributed by atoms with Gasteiger partial charge in [-0.1, -0.05) is 0 Å². The van der Waals surface area contributed by atoms with Crippen molar-refractivity contribution in [1.29, 1.82) is 0 Å². The molecule has 0 aromatic carbocycles. The number of hydrogen-bond donors (Lipinski definition) is 1. The predicted molar refractivity (Wildman–Crippen MR) is 36.0 cm³/mol. The van der Waals surface area contributed by atoms with Gasteiger partial charge in [0.1, 0.15) is 15.7 Å². The van der Waals surface area contributed by atoms with Crippen LogP contribution in [-0.2, 0) is 9.53 Å². The molecule has 0 fully saturated rings. The molecule has 0 amide bonds. The molecule has 0 atom stereocenters. The van der Waals surface area contributed by atoms with E-state index < -0.39 is 11.3 Å². The van der Waals surface area contributed by atoms with Crippen LogP contribution in [0.15, 0.2) is 0 Å². The first kappa shape index (κ1) is 7.56. The Morgan fingerprint density at radius 3 is 2.12 bits per heavy atom. The van der Waals surface area contributed by atoms with Crippen LogP contribution >= 0.6 is 0 Å². The summed E-state index contributed by atoms with van der Waals surface area (Å²) in [4.78, 5) is 10.5. The summed E-state index contributed by atoms with van der Waals surface area (Å²) < 4.78 is 4.35. The fourth-order valence-corrected chi connectivity index (χ4v) is 0.263. The summed E-state index contributed by atoms with van der Waals surface area (Å²) in [6.07, 6.45) is 0. The quantitative estimate of drug-likeness (QED) is 0.292. The van der Waals surface area contributed by atoms with Gasteiger partial charge in [-0.05, 0) is 0 Å². The molecule has 8 heavy (non-hydrogen) atoms. The number of carbonyl (C=O) groups excluding carboxylic acids is 1. The van der Waals surface area contributed by atoms with Crippen LogP contribution in [0.3, 0.4) is 0 Å². The Hall–Kier alpha value is -0.440. The minimum atomic E-state index is -0.852. The zero-order valence-corrected chi connectivity index (χ0v) is 5.39. The number of nitrogens with two attached hydrogens (primary N) is 1. The number of methoxy groups -OCH3 is 1. The third-order valence-corrected chi connectivity index (χ3v) is 0.711. The van der Waals surface area contributed by atoms with Crippen LogP contribution in [0.1, 0.15) is 0 Å². The summed E-state index contributed by atoms with van der Waals surface area (Å²) in [5, 5.41) is -0.852. The molecule has 0 unspecified atom stereocenters. The molecule has 0 saturated carbocycles. The maximum absolute atomic E-state index is 10.5. The largest absolute Gasteiger partial charge is 0.469 e. The average molecular weight is 113 g/mol. The van der Waals surface area contributed by atoms with Gasteiger partial charge in [0, 0.05) is 5.34 Å². The van der Waals surface area contributed by atoms with Gasteiger partial charge >= 0.3 is 5.97 Å². The van der Waals surface area contributed by atoms with Crippen molar-refractivity contribution in [3.8, 4) is 0 Å². The van der Waals surface area contributed by atoms with E-state index in [0.29, 0.717) is 0 Å². The summed E-state index contributed by atoms with van der Waals surface area (Å²) in [7, 11) is 4.51.